The molecule has 3 aromatic rings. The summed E-state index contributed by atoms with van der Waals surface area (Å²) in [4.78, 5) is 20.1. The van der Waals surface area contributed by atoms with Crippen molar-refractivity contribution in [3.8, 4) is 21.1 Å². The molecule has 3 aromatic heterocycles. The highest BCUT2D eigenvalue weighted by atomic mass is 32.1. The molecule has 5 nitrogen and oxygen atoms in total. The second kappa shape index (κ2) is 7.74. The van der Waals surface area contributed by atoms with Crippen LogP contribution in [0.5, 0.6) is 0 Å². The SMILES string of the molecule is CCCO/N=C1\CCCc2ccc(-c3cnc(-c4cccnc4)s3)nc21. The fourth-order valence-corrected chi connectivity index (χ4v) is 3.84. The fraction of sp³-hybridized carbons (Fsp3) is 0.300. The molecule has 132 valence electrons. The van der Waals surface area contributed by atoms with Gasteiger partial charge in [-0.05, 0) is 49.4 Å². The van der Waals surface area contributed by atoms with Gasteiger partial charge in [-0.25, -0.2) is 9.97 Å². The van der Waals surface area contributed by atoms with E-state index in [1.807, 2.05) is 24.5 Å². The smallest absolute Gasteiger partial charge is 0.125 e. The van der Waals surface area contributed by atoms with Crippen LogP contribution < -0.4 is 0 Å². The van der Waals surface area contributed by atoms with Crippen molar-refractivity contribution >= 4 is 17.0 Å². The van der Waals surface area contributed by atoms with Crippen LogP contribution in [0.1, 0.15) is 37.4 Å². The lowest BCUT2D eigenvalue weighted by Gasteiger charge is -2.17. The number of oxime groups is 1. The fourth-order valence-electron chi connectivity index (χ4n) is 2.96. The summed E-state index contributed by atoms with van der Waals surface area (Å²) in [5.41, 5.74) is 5.13. The Morgan fingerprint density at radius 3 is 3.00 bits per heavy atom. The lowest BCUT2D eigenvalue weighted by atomic mass is 9.94. The van der Waals surface area contributed by atoms with Gasteiger partial charge in [-0.2, -0.15) is 0 Å². The average Bonchev–Trinajstić information content (AvgIpc) is 3.19. The van der Waals surface area contributed by atoms with Crippen LogP contribution in [0.15, 0.2) is 48.0 Å². The molecule has 0 saturated carbocycles. The molecule has 1 aliphatic rings. The zero-order valence-corrected chi connectivity index (χ0v) is 15.5. The predicted molar refractivity (Wildman–Crippen MR) is 104 cm³/mol. The standard InChI is InChI=1S/C20H20N4OS/c1-2-11-25-24-17-7-3-5-14-8-9-16(23-19(14)17)18-13-22-20(26-18)15-6-4-10-21-12-15/h4,6,8-10,12-13H,2-3,5,7,11H2,1H3/b24-17+. The van der Waals surface area contributed by atoms with Crippen LogP contribution in [0, 0.1) is 0 Å². The first-order chi connectivity index (χ1) is 12.8. The Balaban J connectivity index is 1.66. The number of aryl methyl sites for hydroxylation is 1. The van der Waals surface area contributed by atoms with Crippen LogP contribution in [0.3, 0.4) is 0 Å². The van der Waals surface area contributed by atoms with Crippen LogP contribution >= 0.6 is 11.3 Å². The summed E-state index contributed by atoms with van der Waals surface area (Å²) in [6.07, 6.45) is 9.48. The van der Waals surface area contributed by atoms with E-state index in [1.54, 1.807) is 17.5 Å². The summed E-state index contributed by atoms with van der Waals surface area (Å²) in [6, 6.07) is 8.18. The average molecular weight is 364 g/mol. The molecule has 0 radical (unpaired) electrons. The third kappa shape index (κ3) is 3.51. The van der Waals surface area contributed by atoms with Gasteiger partial charge in [0, 0.05) is 24.2 Å². The summed E-state index contributed by atoms with van der Waals surface area (Å²) in [5, 5.41) is 5.29. The Labute approximate surface area is 156 Å². The Hall–Kier alpha value is -2.60. The van der Waals surface area contributed by atoms with Crippen LogP contribution in [0.25, 0.3) is 21.1 Å². The number of pyridine rings is 2. The van der Waals surface area contributed by atoms with Gasteiger partial charge >= 0.3 is 0 Å². The zero-order valence-electron chi connectivity index (χ0n) is 14.7. The van der Waals surface area contributed by atoms with Crippen molar-refractivity contribution < 1.29 is 4.84 Å². The van der Waals surface area contributed by atoms with Gasteiger partial charge in [-0.15, -0.1) is 11.3 Å². The number of hydrogen-bond donors (Lipinski definition) is 0. The van der Waals surface area contributed by atoms with E-state index in [0.29, 0.717) is 6.61 Å². The number of fused-ring (bicyclic) bond motifs is 1. The minimum absolute atomic E-state index is 0.641. The van der Waals surface area contributed by atoms with Gasteiger partial charge in [-0.3, -0.25) is 4.98 Å². The summed E-state index contributed by atoms with van der Waals surface area (Å²) in [7, 11) is 0. The molecular formula is C20H20N4OS. The Morgan fingerprint density at radius 1 is 1.19 bits per heavy atom. The maximum Gasteiger partial charge on any atom is 0.125 e. The molecule has 0 spiro atoms. The third-order valence-corrected chi connectivity index (χ3v) is 5.32. The van der Waals surface area contributed by atoms with Crippen molar-refractivity contribution in [3.63, 3.8) is 0 Å². The van der Waals surface area contributed by atoms with Gasteiger partial charge in [0.25, 0.3) is 0 Å². The monoisotopic (exact) mass is 364 g/mol. The van der Waals surface area contributed by atoms with Crippen molar-refractivity contribution in [1.82, 2.24) is 15.0 Å². The minimum atomic E-state index is 0.641. The molecule has 0 unspecified atom stereocenters. The third-order valence-electron chi connectivity index (χ3n) is 4.25. The summed E-state index contributed by atoms with van der Waals surface area (Å²) in [5.74, 6) is 0. The van der Waals surface area contributed by atoms with E-state index < -0.39 is 0 Å². The molecule has 0 saturated heterocycles. The summed E-state index contributed by atoms with van der Waals surface area (Å²) < 4.78 is 0. The molecule has 0 aromatic carbocycles. The van der Waals surface area contributed by atoms with Crippen LogP contribution in [0.4, 0.5) is 0 Å². The number of rotatable bonds is 5. The first-order valence-electron chi connectivity index (χ1n) is 8.91. The van der Waals surface area contributed by atoms with E-state index in [2.05, 4.69) is 34.2 Å². The molecule has 0 aliphatic heterocycles. The van der Waals surface area contributed by atoms with E-state index in [0.717, 1.165) is 58.2 Å². The molecule has 26 heavy (non-hydrogen) atoms. The maximum atomic E-state index is 5.42. The second-order valence-electron chi connectivity index (χ2n) is 6.20. The molecule has 3 heterocycles. The van der Waals surface area contributed by atoms with Crippen molar-refractivity contribution in [1.29, 1.82) is 0 Å². The topological polar surface area (TPSA) is 60.3 Å². The normalized spacial score (nSPS) is 15.0. The Morgan fingerprint density at radius 2 is 2.15 bits per heavy atom. The van der Waals surface area contributed by atoms with Gasteiger partial charge in [0.2, 0.25) is 0 Å². The van der Waals surface area contributed by atoms with Gasteiger partial charge in [0.15, 0.2) is 0 Å². The molecule has 0 N–H and O–H groups in total. The molecule has 0 atom stereocenters. The molecule has 0 bridgehead atoms. The summed E-state index contributed by atoms with van der Waals surface area (Å²) >= 11 is 1.63. The van der Waals surface area contributed by atoms with E-state index >= 15 is 0 Å². The van der Waals surface area contributed by atoms with Gasteiger partial charge < -0.3 is 4.84 Å². The van der Waals surface area contributed by atoms with Crippen LogP contribution in [0.2, 0.25) is 0 Å². The highest BCUT2D eigenvalue weighted by molar-refractivity contribution is 7.18. The van der Waals surface area contributed by atoms with Crippen molar-refractivity contribution in [2.45, 2.75) is 32.6 Å². The van der Waals surface area contributed by atoms with Crippen molar-refractivity contribution in [2.75, 3.05) is 6.61 Å². The molecule has 6 heteroatoms. The van der Waals surface area contributed by atoms with Gasteiger partial charge in [0.1, 0.15) is 17.3 Å². The quantitative estimate of drug-likeness (QED) is 0.485. The molecule has 0 amide bonds. The lowest BCUT2D eigenvalue weighted by molar-refractivity contribution is 0.144. The Kier molecular flexibility index (Phi) is 5.02. The minimum Gasteiger partial charge on any atom is -0.396 e. The van der Waals surface area contributed by atoms with Crippen LogP contribution in [-0.4, -0.2) is 27.3 Å². The highest BCUT2D eigenvalue weighted by Gasteiger charge is 2.19. The number of thiazole rings is 1. The zero-order chi connectivity index (χ0) is 17.8. The van der Waals surface area contributed by atoms with Gasteiger partial charge in [-0.1, -0.05) is 18.1 Å². The lowest BCUT2D eigenvalue weighted by Crippen LogP contribution is -2.15. The predicted octanol–water partition coefficient (Wildman–Crippen LogP) is 4.73. The number of hydrogen-bond acceptors (Lipinski definition) is 6. The maximum absolute atomic E-state index is 5.42. The molecule has 1 aliphatic carbocycles. The highest BCUT2D eigenvalue weighted by Crippen LogP contribution is 2.32. The first kappa shape index (κ1) is 16.8. The van der Waals surface area contributed by atoms with Crippen LogP contribution in [-0.2, 0) is 11.3 Å². The van der Waals surface area contributed by atoms with Gasteiger partial charge in [0.05, 0.1) is 16.3 Å². The van der Waals surface area contributed by atoms with Crippen molar-refractivity contribution in [2.24, 2.45) is 5.16 Å². The van der Waals surface area contributed by atoms with E-state index in [-0.39, 0.29) is 0 Å². The molecule has 0 fully saturated rings. The number of aromatic nitrogens is 3. The van der Waals surface area contributed by atoms with Crippen molar-refractivity contribution in [3.05, 3.63) is 54.1 Å². The second-order valence-corrected chi connectivity index (χ2v) is 7.23. The molecule has 4 rings (SSSR count). The Bertz CT molecular complexity index is 921. The summed E-state index contributed by atoms with van der Waals surface area (Å²) in [6.45, 7) is 2.72. The first-order valence-corrected chi connectivity index (χ1v) is 9.72. The van der Waals surface area contributed by atoms with E-state index in [1.165, 1.54) is 5.56 Å². The van der Waals surface area contributed by atoms with E-state index in [9.17, 15) is 0 Å². The molecular weight excluding hydrogens is 344 g/mol. The van der Waals surface area contributed by atoms with E-state index in [4.69, 9.17) is 9.82 Å². The largest absolute Gasteiger partial charge is 0.396 e. The number of nitrogens with zero attached hydrogens (tertiary/aromatic N) is 4.